The number of aliphatic hydroxyl groups excluding tert-OH is 1. The van der Waals surface area contributed by atoms with Crippen LogP contribution in [0.25, 0.3) is 0 Å². The average molecular weight is 265 g/mol. The van der Waals surface area contributed by atoms with Crippen molar-refractivity contribution in [1.82, 2.24) is 10.3 Å². The van der Waals surface area contributed by atoms with Gasteiger partial charge >= 0.3 is 0 Å². The standard InChI is InChI=1S/C14H23N3O2/c1-2-17(8-5-9-18)11-13-7-4-3-6-12(13)10-14(19)16-15/h3-4,6-7,18H,2,5,8-11,15H2,1H3,(H,16,19). The average Bonchev–Trinajstić information content (AvgIpc) is 2.44. The molecule has 0 aliphatic carbocycles. The summed E-state index contributed by atoms with van der Waals surface area (Å²) in [6, 6.07) is 7.87. The number of nitrogens with zero attached hydrogens (tertiary/aromatic N) is 1. The lowest BCUT2D eigenvalue weighted by Gasteiger charge is -2.21. The molecular weight excluding hydrogens is 242 g/mol. The summed E-state index contributed by atoms with van der Waals surface area (Å²) in [5.41, 5.74) is 4.28. The van der Waals surface area contributed by atoms with Gasteiger partial charge in [0.05, 0.1) is 6.42 Å². The Labute approximate surface area is 114 Å². The number of nitrogens with one attached hydrogen (secondary N) is 1. The number of hydrogen-bond donors (Lipinski definition) is 3. The van der Waals surface area contributed by atoms with Crippen LogP contribution in [0.3, 0.4) is 0 Å². The van der Waals surface area contributed by atoms with Gasteiger partial charge in [-0.3, -0.25) is 15.1 Å². The van der Waals surface area contributed by atoms with Gasteiger partial charge in [-0.25, -0.2) is 5.84 Å². The van der Waals surface area contributed by atoms with E-state index in [0.29, 0.717) is 6.42 Å². The number of hydrogen-bond acceptors (Lipinski definition) is 4. The minimum Gasteiger partial charge on any atom is -0.396 e. The normalized spacial score (nSPS) is 10.7. The predicted molar refractivity (Wildman–Crippen MR) is 75.1 cm³/mol. The Morgan fingerprint density at radius 2 is 2.05 bits per heavy atom. The highest BCUT2D eigenvalue weighted by atomic mass is 16.3. The smallest absolute Gasteiger partial charge is 0.238 e. The molecule has 4 N–H and O–H groups in total. The van der Waals surface area contributed by atoms with Gasteiger partial charge in [-0.15, -0.1) is 0 Å². The molecule has 1 rings (SSSR count). The number of hydrazine groups is 1. The number of aliphatic hydroxyl groups is 1. The maximum absolute atomic E-state index is 11.4. The third-order valence-corrected chi connectivity index (χ3v) is 3.10. The lowest BCUT2D eigenvalue weighted by Crippen LogP contribution is -2.32. The minimum absolute atomic E-state index is 0.189. The minimum atomic E-state index is -0.189. The molecule has 106 valence electrons. The van der Waals surface area contributed by atoms with Crippen LogP contribution in [0.2, 0.25) is 0 Å². The monoisotopic (exact) mass is 265 g/mol. The van der Waals surface area contributed by atoms with Gasteiger partial charge in [0.15, 0.2) is 0 Å². The van der Waals surface area contributed by atoms with Crippen LogP contribution in [0.5, 0.6) is 0 Å². The predicted octanol–water partition coefficient (Wildman–Crippen LogP) is 0.423. The van der Waals surface area contributed by atoms with E-state index in [9.17, 15) is 4.79 Å². The van der Waals surface area contributed by atoms with E-state index in [0.717, 1.165) is 37.2 Å². The van der Waals surface area contributed by atoms with Crippen LogP contribution in [-0.4, -0.2) is 35.6 Å². The zero-order chi connectivity index (χ0) is 14.1. The summed E-state index contributed by atoms with van der Waals surface area (Å²) >= 11 is 0. The Balaban J connectivity index is 2.72. The number of carbonyl (C=O) groups excluding carboxylic acids is 1. The number of nitrogens with two attached hydrogens (primary N) is 1. The summed E-state index contributed by atoms with van der Waals surface area (Å²) in [7, 11) is 0. The van der Waals surface area contributed by atoms with Crippen molar-refractivity contribution in [1.29, 1.82) is 0 Å². The fourth-order valence-electron chi connectivity index (χ4n) is 1.99. The summed E-state index contributed by atoms with van der Waals surface area (Å²) in [5, 5.41) is 8.89. The second kappa shape index (κ2) is 8.63. The largest absolute Gasteiger partial charge is 0.396 e. The summed E-state index contributed by atoms with van der Waals surface area (Å²) in [6.45, 7) is 4.84. The molecule has 0 fully saturated rings. The fourth-order valence-corrected chi connectivity index (χ4v) is 1.99. The van der Waals surface area contributed by atoms with E-state index in [-0.39, 0.29) is 12.5 Å². The second-order valence-corrected chi connectivity index (χ2v) is 4.46. The summed E-state index contributed by atoms with van der Waals surface area (Å²) < 4.78 is 0. The van der Waals surface area contributed by atoms with Crippen molar-refractivity contribution >= 4 is 5.91 Å². The van der Waals surface area contributed by atoms with Gasteiger partial charge in [-0.1, -0.05) is 31.2 Å². The SMILES string of the molecule is CCN(CCCO)Cc1ccccc1CC(=O)NN. The molecule has 1 amide bonds. The van der Waals surface area contributed by atoms with Crippen molar-refractivity contribution in [2.45, 2.75) is 26.3 Å². The summed E-state index contributed by atoms with van der Waals surface area (Å²) in [5.74, 6) is 4.94. The van der Waals surface area contributed by atoms with Crippen LogP contribution in [0.1, 0.15) is 24.5 Å². The molecule has 0 spiro atoms. The Hall–Kier alpha value is -1.43. The Kier molecular flexibility index (Phi) is 7.10. The highest BCUT2D eigenvalue weighted by molar-refractivity contribution is 5.78. The van der Waals surface area contributed by atoms with Crippen LogP contribution < -0.4 is 11.3 Å². The molecule has 5 nitrogen and oxygen atoms in total. The van der Waals surface area contributed by atoms with Gasteiger partial charge in [-0.05, 0) is 24.1 Å². The van der Waals surface area contributed by atoms with Crippen molar-refractivity contribution in [2.24, 2.45) is 5.84 Å². The van der Waals surface area contributed by atoms with E-state index in [4.69, 9.17) is 10.9 Å². The first-order valence-electron chi connectivity index (χ1n) is 6.60. The molecule has 0 bridgehead atoms. The molecule has 0 heterocycles. The molecule has 0 unspecified atom stereocenters. The first-order valence-corrected chi connectivity index (χ1v) is 6.60. The lowest BCUT2D eigenvalue weighted by molar-refractivity contribution is -0.120. The van der Waals surface area contributed by atoms with E-state index in [1.807, 2.05) is 24.3 Å². The second-order valence-electron chi connectivity index (χ2n) is 4.46. The van der Waals surface area contributed by atoms with Gasteiger partial charge in [0.1, 0.15) is 0 Å². The van der Waals surface area contributed by atoms with Crippen LogP contribution in [0.15, 0.2) is 24.3 Å². The van der Waals surface area contributed by atoms with E-state index < -0.39 is 0 Å². The molecule has 0 saturated carbocycles. The van der Waals surface area contributed by atoms with E-state index >= 15 is 0 Å². The van der Waals surface area contributed by atoms with Gasteiger partial charge in [0, 0.05) is 19.7 Å². The molecule has 0 saturated heterocycles. The van der Waals surface area contributed by atoms with E-state index in [2.05, 4.69) is 17.2 Å². The molecule has 0 aromatic heterocycles. The zero-order valence-electron chi connectivity index (χ0n) is 11.4. The summed E-state index contributed by atoms with van der Waals surface area (Å²) in [4.78, 5) is 13.6. The van der Waals surface area contributed by atoms with Crippen molar-refractivity contribution in [3.05, 3.63) is 35.4 Å². The molecule has 0 atom stereocenters. The van der Waals surface area contributed by atoms with Crippen LogP contribution >= 0.6 is 0 Å². The first-order chi connectivity index (χ1) is 9.21. The molecule has 0 aliphatic rings. The molecule has 0 aliphatic heterocycles. The van der Waals surface area contributed by atoms with E-state index in [1.165, 1.54) is 0 Å². The third kappa shape index (κ3) is 5.38. The molecular formula is C14H23N3O2. The van der Waals surface area contributed by atoms with Crippen LogP contribution in [-0.2, 0) is 17.8 Å². The van der Waals surface area contributed by atoms with Crippen molar-refractivity contribution in [3.63, 3.8) is 0 Å². The van der Waals surface area contributed by atoms with Gasteiger partial charge in [0.25, 0.3) is 0 Å². The Morgan fingerprint density at radius 1 is 1.37 bits per heavy atom. The fraction of sp³-hybridized carbons (Fsp3) is 0.500. The number of amides is 1. The Bertz CT molecular complexity index is 396. The number of rotatable bonds is 8. The first kappa shape index (κ1) is 15.6. The summed E-state index contributed by atoms with van der Waals surface area (Å²) in [6.07, 6.45) is 1.06. The van der Waals surface area contributed by atoms with Crippen molar-refractivity contribution in [2.75, 3.05) is 19.7 Å². The quantitative estimate of drug-likeness (QED) is 0.362. The van der Waals surface area contributed by atoms with Crippen molar-refractivity contribution < 1.29 is 9.90 Å². The molecule has 19 heavy (non-hydrogen) atoms. The number of benzene rings is 1. The molecule has 1 aromatic rings. The maximum atomic E-state index is 11.4. The zero-order valence-corrected chi connectivity index (χ0v) is 11.4. The van der Waals surface area contributed by atoms with Crippen molar-refractivity contribution in [3.8, 4) is 0 Å². The highest BCUT2D eigenvalue weighted by Gasteiger charge is 2.09. The van der Waals surface area contributed by atoms with E-state index in [1.54, 1.807) is 0 Å². The lowest BCUT2D eigenvalue weighted by atomic mass is 10.0. The molecule has 1 aromatic carbocycles. The third-order valence-electron chi connectivity index (χ3n) is 3.10. The van der Waals surface area contributed by atoms with Gasteiger partial charge in [-0.2, -0.15) is 0 Å². The highest BCUT2D eigenvalue weighted by Crippen LogP contribution is 2.12. The van der Waals surface area contributed by atoms with Gasteiger partial charge < -0.3 is 5.11 Å². The molecule has 5 heteroatoms. The Morgan fingerprint density at radius 3 is 2.63 bits per heavy atom. The van der Waals surface area contributed by atoms with Crippen LogP contribution in [0, 0.1) is 0 Å². The number of carbonyl (C=O) groups is 1. The van der Waals surface area contributed by atoms with Crippen LogP contribution in [0.4, 0.5) is 0 Å². The topological polar surface area (TPSA) is 78.6 Å². The molecule has 0 radical (unpaired) electrons. The van der Waals surface area contributed by atoms with Gasteiger partial charge in [0.2, 0.25) is 5.91 Å². The maximum Gasteiger partial charge on any atom is 0.238 e.